The van der Waals surface area contributed by atoms with E-state index in [9.17, 15) is 9.59 Å². The Morgan fingerprint density at radius 3 is 3.15 bits per heavy atom. The number of carbonyl (C=O) groups excluding carboxylic acids is 2. The SMILES string of the molecule is NCC#Cc1cncc(C(=O)NC2CCCNC2=O)c1. The number of rotatable bonds is 2. The van der Waals surface area contributed by atoms with Gasteiger partial charge >= 0.3 is 0 Å². The van der Waals surface area contributed by atoms with Gasteiger partial charge in [-0.15, -0.1) is 0 Å². The molecule has 1 saturated heterocycles. The van der Waals surface area contributed by atoms with E-state index in [4.69, 9.17) is 5.73 Å². The lowest BCUT2D eigenvalue weighted by molar-refractivity contribution is -0.124. The zero-order valence-corrected chi connectivity index (χ0v) is 11.0. The lowest BCUT2D eigenvalue weighted by atomic mass is 10.1. The van der Waals surface area contributed by atoms with Gasteiger partial charge in [-0.1, -0.05) is 11.8 Å². The Kier molecular flexibility index (Phi) is 4.69. The third kappa shape index (κ3) is 3.56. The van der Waals surface area contributed by atoms with E-state index in [-0.39, 0.29) is 18.4 Å². The highest BCUT2D eigenvalue weighted by Crippen LogP contribution is 2.06. The van der Waals surface area contributed by atoms with Gasteiger partial charge in [-0.3, -0.25) is 14.6 Å². The van der Waals surface area contributed by atoms with Crippen LogP contribution >= 0.6 is 0 Å². The number of nitrogens with two attached hydrogens (primary N) is 1. The normalized spacial score (nSPS) is 17.6. The zero-order valence-electron chi connectivity index (χ0n) is 11.0. The molecule has 0 spiro atoms. The molecule has 0 saturated carbocycles. The van der Waals surface area contributed by atoms with Crippen molar-refractivity contribution in [2.45, 2.75) is 18.9 Å². The van der Waals surface area contributed by atoms with Gasteiger partial charge in [-0.05, 0) is 18.9 Å². The van der Waals surface area contributed by atoms with Gasteiger partial charge in [-0.2, -0.15) is 0 Å². The van der Waals surface area contributed by atoms with Crippen molar-refractivity contribution in [3.05, 3.63) is 29.6 Å². The van der Waals surface area contributed by atoms with Gasteiger partial charge in [0, 0.05) is 24.5 Å². The largest absolute Gasteiger partial charge is 0.354 e. The van der Waals surface area contributed by atoms with Crippen molar-refractivity contribution in [2.24, 2.45) is 5.73 Å². The number of amides is 2. The molecule has 1 aliphatic rings. The average Bonchev–Trinajstić information content (AvgIpc) is 2.48. The lowest BCUT2D eigenvalue weighted by Crippen LogP contribution is -2.50. The molecule has 2 rings (SSSR count). The van der Waals surface area contributed by atoms with Gasteiger partial charge in [0.25, 0.3) is 5.91 Å². The van der Waals surface area contributed by atoms with Crippen LogP contribution in [0, 0.1) is 11.8 Å². The number of carbonyl (C=O) groups is 2. The highest BCUT2D eigenvalue weighted by atomic mass is 16.2. The third-order valence-electron chi connectivity index (χ3n) is 2.93. The van der Waals surface area contributed by atoms with Crippen molar-refractivity contribution in [3.8, 4) is 11.8 Å². The van der Waals surface area contributed by atoms with Gasteiger partial charge in [0.2, 0.25) is 5.91 Å². The number of hydrogen-bond donors (Lipinski definition) is 3. The van der Waals surface area contributed by atoms with Crippen molar-refractivity contribution in [1.29, 1.82) is 0 Å². The summed E-state index contributed by atoms with van der Waals surface area (Å²) >= 11 is 0. The van der Waals surface area contributed by atoms with Crippen LogP contribution in [-0.4, -0.2) is 35.9 Å². The summed E-state index contributed by atoms with van der Waals surface area (Å²) in [7, 11) is 0. The molecule has 0 radical (unpaired) electrons. The van der Waals surface area contributed by atoms with Crippen LogP contribution < -0.4 is 16.4 Å². The minimum atomic E-state index is -0.477. The van der Waals surface area contributed by atoms with Gasteiger partial charge in [0.1, 0.15) is 6.04 Å². The van der Waals surface area contributed by atoms with E-state index in [0.717, 1.165) is 6.42 Å². The minimum absolute atomic E-state index is 0.142. The molecule has 1 aromatic rings. The zero-order chi connectivity index (χ0) is 14.4. The number of aromatic nitrogens is 1. The molecule has 2 amide bonds. The van der Waals surface area contributed by atoms with Crippen LogP contribution in [0.5, 0.6) is 0 Å². The van der Waals surface area contributed by atoms with Crippen LogP contribution in [-0.2, 0) is 4.79 Å². The molecule has 4 N–H and O–H groups in total. The minimum Gasteiger partial charge on any atom is -0.354 e. The monoisotopic (exact) mass is 272 g/mol. The average molecular weight is 272 g/mol. The topological polar surface area (TPSA) is 97.1 Å². The van der Waals surface area contributed by atoms with Crippen LogP contribution in [0.15, 0.2) is 18.5 Å². The molecular weight excluding hydrogens is 256 g/mol. The van der Waals surface area contributed by atoms with Crippen LogP contribution in [0.3, 0.4) is 0 Å². The van der Waals surface area contributed by atoms with Crippen molar-refractivity contribution >= 4 is 11.8 Å². The molecule has 1 aliphatic heterocycles. The second-order valence-electron chi connectivity index (χ2n) is 4.43. The Bertz CT molecular complexity index is 574. The molecular formula is C14H16N4O2. The number of pyridine rings is 1. The van der Waals surface area contributed by atoms with Gasteiger partial charge in [0.15, 0.2) is 0 Å². The summed E-state index contributed by atoms with van der Waals surface area (Å²) in [4.78, 5) is 27.6. The standard InChI is InChI=1S/C14H16N4O2/c15-5-1-3-10-7-11(9-16-8-10)13(19)18-12-4-2-6-17-14(12)20/h7-9,12H,2,4-6,15H2,(H,17,20)(H,18,19). The van der Waals surface area contributed by atoms with Crippen LogP contribution in [0.4, 0.5) is 0 Å². The second-order valence-corrected chi connectivity index (χ2v) is 4.43. The molecule has 0 bridgehead atoms. The first-order valence-corrected chi connectivity index (χ1v) is 6.43. The summed E-state index contributed by atoms with van der Waals surface area (Å²) in [6.07, 6.45) is 4.52. The molecule has 20 heavy (non-hydrogen) atoms. The van der Waals surface area contributed by atoms with Gasteiger partial charge in [0.05, 0.1) is 12.1 Å². The fourth-order valence-electron chi connectivity index (χ4n) is 1.94. The second kappa shape index (κ2) is 6.68. The van der Waals surface area contributed by atoms with Gasteiger partial charge < -0.3 is 16.4 Å². The summed E-state index contributed by atoms with van der Waals surface area (Å²) in [5.74, 6) is 5.05. The van der Waals surface area contributed by atoms with Crippen molar-refractivity contribution < 1.29 is 9.59 Å². The predicted octanol–water partition coefficient (Wildman–Crippen LogP) is -0.600. The van der Waals surface area contributed by atoms with Crippen LogP contribution in [0.2, 0.25) is 0 Å². The Labute approximate surface area is 117 Å². The summed E-state index contributed by atoms with van der Waals surface area (Å²) in [6.45, 7) is 0.912. The maximum absolute atomic E-state index is 12.1. The Hall–Kier alpha value is -2.39. The predicted molar refractivity (Wildman–Crippen MR) is 73.7 cm³/mol. The highest BCUT2D eigenvalue weighted by Gasteiger charge is 2.24. The molecule has 1 aromatic heterocycles. The Morgan fingerprint density at radius 1 is 1.55 bits per heavy atom. The molecule has 6 nitrogen and oxygen atoms in total. The molecule has 1 fully saturated rings. The smallest absolute Gasteiger partial charge is 0.253 e. The van der Waals surface area contributed by atoms with E-state index >= 15 is 0 Å². The summed E-state index contributed by atoms with van der Waals surface area (Å²) in [6, 6.07) is 1.15. The Morgan fingerprint density at radius 2 is 2.40 bits per heavy atom. The molecule has 2 heterocycles. The van der Waals surface area contributed by atoms with Crippen molar-refractivity contribution in [3.63, 3.8) is 0 Å². The summed E-state index contributed by atoms with van der Waals surface area (Å²) < 4.78 is 0. The maximum atomic E-state index is 12.1. The number of nitrogens with zero attached hydrogens (tertiary/aromatic N) is 1. The first kappa shape index (κ1) is 14.0. The number of nitrogens with one attached hydrogen (secondary N) is 2. The molecule has 6 heteroatoms. The van der Waals surface area contributed by atoms with E-state index in [1.165, 1.54) is 6.20 Å². The summed E-state index contributed by atoms with van der Waals surface area (Å²) in [5, 5.41) is 5.43. The maximum Gasteiger partial charge on any atom is 0.253 e. The van der Waals surface area contributed by atoms with Crippen molar-refractivity contribution in [2.75, 3.05) is 13.1 Å². The molecule has 1 atom stereocenters. The highest BCUT2D eigenvalue weighted by molar-refractivity contribution is 5.97. The van der Waals surface area contributed by atoms with Gasteiger partial charge in [-0.25, -0.2) is 0 Å². The fourth-order valence-corrected chi connectivity index (χ4v) is 1.94. The van der Waals surface area contributed by atoms with Crippen LogP contribution in [0.1, 0.15) is 28.8 Å². The third-order valence-corrected chi connectivity index (χ3v) is 2.93. The first-order chi connectivity index (χ1) is 9.70. The quantitative estimate of drug-likeness (QED) is 0.626. The first-order valence-electron chi connectivity index (χ1n) is 6.43. The van der Waals surface area contributed by atoms with Crippen molar-refractivity contribution in [1.82, 2.24) is 15.6 Å². The number of piperidine rings is 1. The fraction of sp³-hybridized carbons (Fsp3) is 0.357. The van der Waals surface area contributed by atoms with Crippen LogP contribution in [0.25, 0.3) is 0 Å². The Balaban J connectivity index is 2.07. The lowest BCUT2D eigenvalue weighted by Gasteiger charge is -2.22. The van der Waals surface area contributed by atoms with E-state index in [2.05, 4.69) is 27.5 Å². The molecule has 1 unspecified atom stereocenters. The van der Waals surface area contributed by atoms with E-state index in [0.29, 0.717) is 24.1 Å². The molecule has 104 valence electrons. The van der Waals surface area contributed by atoms with E-state index < -0.39 is 6.04 Å². The van der Waals surface area contributed by atoms with E-state index in [1.807, 2.05) is 0 Å². The summed E-state index contributed by atoms with van der Waals surface area (Å²) in [5.41, 5.74) is 6.30. The number of hydrogen-bond acceptors (Lipinski definition) is 4. The molecule has 0 aromatic carbocycles. The molecule has 0 aliphatic carbocycles. The van der Waals surface area contributed by atoms with E-state index in [1.54, 1.807) is 12.3 Å².